The number of nitrogens with one attached hydrogen (secondary N) is 1. The lowest BCUT2D eigenvalue weighted by Gasteiger charge is -2.32. The van der Waals surface area contributed by atoms with Crippen molar-refractivity contribution in [1.82, 2.24) is 9.88 Å². The van der Waals surface area contributed by atoms with Crippen molar-refractivity contribution in [2.45, 2.75) is 32.1 Å². The number of hydrogen-bond donors (Lipinski definition) is 1. The first-order chi connectivity index (χ1) is 11.8. The number of rotatable bonds is 4. The van der Waals surface area contributed by atoms with Crippen molar-refractivity contribution < 1.29 is 0 Å². The van der Waals surface area contributed by atoms with E-state index in [2.05, 4.69) is 71.5 Å². The van der Waals surface area contributed by atoms with Crippen LogP contribution in [-0.4, -0.2) is 29.5 Å². The molecule has 24 heavy (non-hydrogen) atoms. The maximum Gasteiger partial charge on any atom is 0.0456 e. The van der Waals surface area contributed by atoms with Crippen molar-refractivity contribution in [3.05, 3.63) is 71.4 Å². The zero-order valence-electron chi connectivity index (χ0n) is 14.5. The fraction of sp³-hybridized carbons (Fsp3) is 0.364. The van der Waals surface area contributed by atoms with Crippen LogP contribution in [0, 0.1) is 6.92 Å². The monoisotopic (exact) mass is 318 g/mol. The van der Waals surface area contributed by atoms with Gasteiger partial charge in [-0.15, -0.1) is 0 Å². The Morgan fingerprint density at radius 2 is 1.75 bits per heavy atom. The van der Waals surface area contributed by atoms with Crippen LogP contribution in [0.15, 0.2) is 54.7 Å². The summed E-state index contributed by atoms with van der Waals surface area (Å²) in [5.74, 6) is 0.746. The van der Waals surface area contributed by atoms with Crippen LogP contribution in [0.1, 0.15) is 35.4 Å². The third kappa shape index (κ3) is 3.11. The first-order valence-corrected chi connectivity index (χ1v) is 9.14. The van der Waals surface area contributed by atoms with Gasteiger partial charge in [0.2, 0.25) is 0 Å². The number of para-hydroxylation sites is 1. The van der Waals surface area contributed by atoms with E-state index in [1.807, 2.05) is 0 Å². The second-order valence-corrected chi connectivity index (χ2v) is 7.08. The van der Waals surface area contributed by atoms with Gasteiger partial charge in [0, 0.05) is 23.6 Å². The van der Waals surface area contributed by atoms with E-state index >= 15 is 0 Å². The number of hydrogen-bond acceptors (Lipinski definition) is 1. The van der Waals surface area contributed by atoms with Crippen LogP contribution in [0.2, 0.25) is 0 Å². The highest BCUT2D eigenvalue weighted by molar-refractivity contribution is 5.83. The molecule has 3 aromatic rings. The summed E-state index contributed by atoms with van der Waals surface area (Å²) in [6.07, 6.45) is 5.90. The fourth-order valence-electron chi connectivity index (χ4n) is 4.13. The van der Waals surface area contributed by atoms with Gasteiger partial charge in [-0.3, -0.25) is 0 Å². The van der Waals surface area contributed by atoms with E-state index in [1.165, 1.54) is 54.5 Å². The minimum Gasteiger partial charge on any atom is -0.361 e. The summed E-state index contributed by atoms with van der Waals surface area (Å²) < 4.78 is 0. The Morgan fingerprint density at radius 3 is 2.58 bits per heavy atom. The van der Waals surface area contributed by atoms with Crippen molar-refractivity contribution in [3.63, 3.8) is 0 Å². The van der Waals surface area contributed by atoms with E-state index in [4.69, 9.17) is 0 Å². The van der Waals surface area contributed by atoms with Crippen LogP contribution in [-0.2, 0) is 6.42 Å². The van der Waals surface area contributed by atoms with Gasteiger partial charge in [0.05, 0.1) is 0 Å². The average molecular weight is 318 g/mol. The van der Waals surface area contributed by atoms with Crippen LogP contribution in [0.5, 0.6) is 0 Å². The van der Waals surface area contributed by atoms with Gasteiger partial charge < -0.3 is 9.88 Å². The Balaban J connectivity index is 1.34. The SMILES string of the molecule is Cc1ccccc1C1CCN(CCc2c[nH]c3ccccc23)CC1. The number of aromatic nitrogens is 1. The summed E-state index contributed by atoms with van der Waals surface area (Å²) in [5.41, 5.74) is 5.72. The van der Waals surface area contributed by atoms with Crippen molar-refractivity contribution in [2.75, 3.05) is 19.6 Å². The van der Waals surface area contributed by atoms with Gasteiger partial charge >= 0.3 is 0 Å². The number of nitrogens with zero attached hydrogens (tertiary/aromatic N) is 1. The molecular formula is C22H26N2. The molecule has 1 aromatic heterocycles. The number of aromatic amines is 1. The van der Waals surface area contributed by atoms with E-state index in [9.17, 15) is 0 Å². The smallest absolute Gasteiger partial charge is 0.0456 e. The third-order valence-electron chi connectivity index (χ3n) is 5.59. The summed E-state index contributed by atoms with van der Waals surface area (Å²) >= 11 is 0. The molecule has 1 fully saturated rings. The van der Waals surface area contributed by atoms with E-state index in [0.29, 0.717) is 0 Å². The molecule has 2 heterocycles. The molecule has 2 nitrogen and oxygen atoms in total. The Kier molecular flexibility index (Phi) is 4.40. The van der Waals surface area contributed by atoms with Gasteiger partial charge in [-0.25, -0.2) is 0 Å². The number of H-pyrrole nitrogens is 1. The predicted molar refractivity (Wildman–Crippen MR) is 102 cm³/mol. The topological polar surface area (TPSA) is 19.0 Å². The lowest BCUT2D eigenvalue weighted by atomic mass is 9.87. The summed E-state index contributed by atoms with van der Waals surface area (Å²) in [6.45, 7) is 5.86. The summed E-state index contributed by atoms with van der Waals surface area (Å²) in [7, 11) is 0. The maximum atomic E-state index is 3.39. The number of aryl methyl sites for hydroxylation is 1. The molecule has 124 valence electrons. The van der Waals surface area contributed by atoms with Crippen LogP contribution in [0.3, 0.4) is 0 Å². The highest BCUT2D eigenvalue weighted by Gasteiger charge is 2.21. The van der Waals surface area contributed by atoms with Gasteiger partial charge in [0.1, 0.15) is 0 Å². The lowest BCUT2D eigenvalue weighted by Crippen LogP contribution is -2.34. The van der Waals surface area contributed by atoms with Crippen LogP contribution < -0.4 is 0 Å². The fourth-order valence-corrected chi connectivity index (χ4v) is 4.13. The molecule has 2 heteroatoms. The molecule has 4 rings (SSSR count). The van der Waals surface area contributed by atoms with Crippen LogP contribution in [0.25, 0.3) is 10.9 Å². The standard InChI is InChI=1S/C22H26N2/c1-17-6-2-3-7-20(17)18-10-13-24(14-11-18)15-12-19-16-23-22-9-5-4-8-21(19)22/h2-9,16,18,23H,10-15H2,1H3. The second kappa shape index (κ2) is 6.82. The highest BCUT2D eigenvalue weighted by Crippen LogP contribution is 2.30. The Morgan fingerprint density at radius 1 is 1.00 bits per heavy atom. The second-order valence-electron chi connectivity index (χ2n) is 7.08. The molecule has 0 atom stereocenters. The molecule has 0 unspecified atom stereocenters. The van der Waals surface area contributed by atoms with Gasteiger partial charge in [0.15, 0.2) is 0 Å². The number of likely N-dealkylation sites (tertiary alicyclic amines) is 1. The zero-order valence-corrected chi connectivity index (χ0v) is 14.5. The van der Waals surface area contributed by atoms with Crippen molar-refractivity contribution in [3.8, 4) is 0 Å². The molecule has 1 aliphatic heterocycles. The predicted octanol–water partition coefficient (Wildman–Crippen LogP) is 4.90. The molecule has 0 amide bonds. The van der Waals surface area contributed by atoms with Gasteiger partial charge in [0.25, 0.3) is 0 Å². The average Bonchev–Trinajstić information content (AvgIpc) is 3.04. The largest absolute Gasteiger partial charge is 0.361 e. The molecule has 2 aromatic carbocycles. The third-order valence-corrected chi connectivity index (χ3v) is 5.59. The number of benzene rings is 2. The maximum absolute atomic E-state index is 3.39. The van der Waals surface area contributed by atoms with Crippen molar-refractivity contribution in [1.29, 1.82) is 0 Å². The van der Waals surface area contributed by atoms with Crippen LogP contribution in [0.4, 0.5) is 0 Å². The molecule has 1 N–H and O–H groups in total. The minimum atomic E-state index is 0.746. The van der Waals surface area contributed by atoms with Crippen LogP contribution >= 0.6 is 0 Å². The Hall–Kier alpha value is -2.06. The first-order valence-electron chi connectivity index (χ1n) is 9.14. The Labute approximate surface area is 144 Å². The van der Waals surface area contributed by atoms with E-state index in [-0.39, 0.29) is 0 Å². The molecule has 0 spiro atoms. The normalized spacial score (nSPS) is 16.7. The molecular weight excluding hydrogens is 292 g/mol. The zero-order chi connectivity index (χ0) is 16.4. The van der Waals surface area contributed by atoms with E-state index in [1.54, 1.807) is 5.56 Å². The number of fused-ring (bicyclic) bond motifs is 1. The summed E-state index contributed by atoms with van der Waals surface area (Å²) in [5, 5.41) is 1.38. The van der Waals surface area contributed by atoms with Gasteiger partial charge in [-0.1, -0.05) is 42.5 Å². The van der Waals surface area contributed by atoms with E-state index in [0.717, 1.165) is 12.3 Å². The molecule has 1 saturated heterocycles. The van der Waals surface area contributed by atoms with Gasteiger partial charge in [-0.05, 0) is 68.0 Å². The molecule has 0 radical (unpaired) electrons. The summed E-state index contributed by atoms with van der Waals surface area (Å²) in [6, 6.07) is 17.5. The van der Waals surface area contributed by atoms with Crippen molar-refractivity contribution in [2.24, 2.45) is 0 Å². The number of piperidine rings is 1. The van der Waals surface area contributed by atoms with Gasteiger partial charge in [-0.2, -0.15) is 0 Å². The Bertz CT molecular complexity index is 809. The molecule has 0 bridgehead atoms. The van der Waals surface area contributed by atoms with Crippen molar-refractivity contribution >= 4 is 10.9 Å². The highest BCUT2D eigenvalue weighted by atomic mass is 15.1. The van der Waals surface area contributed by atoms with E-state index < -0.39 is 0 Å². The first kappa shape index (κ1) is 15.5. The quantitative estimate of drug-likeness (QED) is 0.725. The summed E-state index contributed by atoms with van der Waals surface area (Å²) in [4.78, 5) is 6.03. The molecule has 1 aliphatic rings. The minimum absolute atomic E-state index is 0.746. The molecule has 0 aliphatic carbocycles. The lowest BCUT2D eigenvalue weighted by molar-refractivity contribution is 0.214. The molecule has 0 saturated carbocycles.